The van der Waals surface area contributed by atoms with Gasteiger partial charge in [0.25, 0.3) is 5.89 Å². The largest absolute Gasteiger partial charge is 0.493 e. The molecule has 7 heteroatoms. The van der Waals surface area contributed by atoms with Gasteiger partial charge in [0.2, 0.25) is 5.82 Å². The van der Waals surface area contributed by atoms with Gasteiger partial charge in [-0.3, -0.25) is 0 Å². The highest BCUT2D eigenvalue weighted by Crippen LogP contribution is 2.28. The van der Waals surface area contributed by atoms with Crippen LogP contribution in [0, 0.1) is 6.92 Å². The fraction of sp³-hybridized carbons (Fsp3) is 0.190. The van der Waals surface area contributed by atoms with Crippen LogP contribution in [0.4, 0.5) is 0 Å². The smallest absolute Gasteiger partial charge is 0.331 e. The minimum atomic E-state index is -0.523. The molecule has 3 rings (SSSR count). The van der Waals surface area contributed by atoms with Crippen LogP contribution >= 0.6 is 0 Å². The van der Waals surface area contributed by atoms with E-state index in [2.05, 4.69) is 10.1 Å². The Balaban J connectivity index is 1.59. The number of benzene rings is 2. The molecule has 7 nitrogen and oxygen atoms in total. The zero-order valence-corrected chi connectivity index (χ0v) is 15.8. The molecule has 1 heterocycles. The van der Waals surface area contributed by atoms with E-state index in [0.29, 0.717) is 17.3 Å². The van der Waals surface area contributed by atoms with Crippen LogP contribution in [0.25, 0.3) is 17.5 Å². The number of carbonyl (C=O) groups excluding carboxylic acids is 1. The molecule has 0 unspecified atom stereocenters. The number of aromatic nitrogens is 2. The predicted molar refractivity (Wildman–Crippen MR) is 103 cm³/mol. The highest BCUT2D eigenvalue weighted by molar-refractivity contribution is 5.87. The molecule has 0 spiro atoms. The van der Waals surface area contributed by atoms with Crippen molar-refractivity contribution in [3.05, 3.63) is 65.6 Å². The lowest BCUT2D eigenvalue weighted by Gasteiger charge is -2.07. The summed E-state index contributed by atoms with van der Waals surface area (Å²) in [6.07, 6.45) is 2.94. The number of aryl methyl sites for hydroxylation is 1. The SMILES string of the molecule is COc1ccc(/C=C/C(=O)OCc2nc(-c3ccccc3C)no2)cc1OC. The first-order valence-corrected chi connectivity index (χ1v) is 8.56. The molecule has 0 aliphatic rings. The average molecular weight is 380 g/mol. The molecule has 0 aliphatic carbocycles. The molecular formula is C21H20N2O5. The second kappa shape index (κ2) is 8.85. The Kier molecular flexibility index (Phi) is 6.06. The van der Waals surface area contributed by atoms with Crippen molar-refractivity contribution in [1.82, 2.24) is 10.1 Å². The summed E-state index contributed by atoms with van der Waals surface area (Å²) < 4.78 is 20.7. The first kappa shape index (κ1) is 19.2. The average Bonchev–Trinajstić information content (AvgIpc) is 3.19. The Bertz CT molecular complexity index is 994. The van der Waals surface area contributed by atoms with Gasteiger partial charge in [-0.15, -0.1) is 0 Å². The Labute approximate surface area is 162 Å². The fourth-order valence-corrected chi connectivity index (χ4v) is 2.55. The third-order valence-corrected chi connectivity index (χ3v) is 4.01. The highest BCUT2D eigenvalue weighted by Gasteiger charge is 2.11. The lowest BCUT2D eigenvalue weighted by Crippen LogP contribution is -2.01. The molecule has 144 valence electrons. The van der Waals surface area contributed by atoms with Crippen molar-refractivity contribution in [2.45, 2.75) is 13.5 Å². The Morgan fingerprint density at radius 1 is 1.11 bits per heavy atom. The summed E-state index contributed by atoms with van der Waals surface area (Å²) >= 11 is 0. The maximum atomic E-state index is 11.9. The molecule has 2 aromatic carbocycles. The van der Waals surface area contributed by atoms with Crippen LogP contribution in [-0.2, 0) is 16.1 Å². The summed E-state index contributed by atoms with van der Waals surface area (Å²) in [6.45, 7) is 1.86. The van der Waals surface area contributed by atoms with Crippen LogP contribution in [0.3, 0.4) is 0 Å². The van der Waals surface area contributed by atoms with Gasteiger partial charge in [-0.2, -0.15) is 4.98 Å². The summed E-state index contributed by atoms with van der Waals surface area (Å²) in [6, 6.07) is 13.0. The van der Waals surface area contributed by atoms with E-state index in [4.69, 9.17) is 18.7 Å². The Hall–Kier alpha value is -3.61. The molecule has 0 bridgehead atoms. The van der Waals surface area contributed by atoms with E-state index in [1.807, 2.05) is 31.2 Å². The van der Waals surface area contributed by atoms with Crippen molar-refractivity contribution in [2.75, 3.05) is 14.2 Å². The minimum Gasteiger partial charge on any atom is -0.493 e. The molecule has 0 fully saturated rings. The number of hydrogen-bond donors (Lipinski definition) is 0. The van der Waals surface area contributed by atoms with Crippen LogP contribution in [0.1, 0.15) is 17.0 Å². The molecule has 1 aromatic heterocycles. The fourth-order valence-electron chi connectivity index (χ4n) is 2.55. The van der Waals surface area contributed by atoms with E-state index in [-0.39, 0.29) is 12.5 Å². The standard InChI is InChI=1S/C21H20N2O5/c1-14-6-4-5-7-16(14)21-22-19(28-23-21)13-27-20(24)11-9-15-8-10-17(25-2)18(12-15)26-3/h4-12H,13H2,1-3H3/b11-9+. The van der Waals surface area contributed by atoms with Crippen LogP contribution in [0.2, 0.25) is 0 Å². The van der Waals surface area contributed by atoms with Crippen LogP contribution in [0.5, 0.6) is 11.5 Å². The molecule has 0 radical (unpaired) electrons. The van der Waals surface area contributed by atoms with Gasteiger partial charge in [-0.05, 0) is 36.3 Å². The summed E-state index contributed by atoms with van der Waals surface area (Å²) in [5.74, 6) is 1.36. The van der Waals surface area contributed by atoms with Gasteiger partial charge in [-0.1, -0.05) is 35.5 Å². The molecule has 3 aromatic rings. The number of rotatable bonds is 7. The van der Waals surface area contributed by atoms with Gasteiger partial charge >= 0.3 is 5.97 Å². The second-order valence-electron chi connectivity index (χ2n) is 5.88. The first-order chi connectivity index (χ1) is 13.6. The topological polar surface area (TPSA) is 83.7 Å². The van der Waals surface area contributed by atoms with Crippen molar-refractivity contribution in [3.63, 3.8) is 0 Å². The second-order valence-corrected chi connectivity index (χ2v) is 5.88. The van der Waals surface area contributed by atoms with Crippen LogP contribution < -0.4 is 9.47 Å². The Morgan fingerprint density at radius 2 is 1.89 bits per heavy atom. The number of carbonyl (C=O) groups is 1. The van der Waals surface area contributed by atoms with E-state index in [1.54, 1.807) is 38.5 Å². The molecular weight excluding hydrogens is 360 g/mol. The van der Waals surface area contributed by atoms with Crippen molar-refractivity contribution >= 4 is 12.0 Å². The van der Waals surface area contributed by atoms with Crippen molar-refractivity contribution in [1.29, 1.82) is 0 Å². The van der Waals surface area contributed by atoms with Crippen LogP contribution in [0.15, 0.2) is 53.1 Å². The van der Waals surface area contributed by atoms with Crippen molar-refractivity contribution in [3.8, 4) is 22.9 Å². The van der Waals surface area contributed by atoms with E-state index in [0.717, 1.165) is 16.7 Å². The molecule has 0 saturated carbocycles. The molecule has 28 heavy (non-hydrogen) atoms. The molecule has 0 N–H and O–H groups in total. The molecule has 0 saturated heterocycles. The number of hydrogen-bond acceptors (Lipinski definition) is 7. The maximum absolute atomic E-state index is 11.9. The third kappa shape index (κ3) is 4.56. The van der Waals surface area contributed by atoms with Crippen molar-refractivity contribution in [2.24, 2.45) is 0 Å². The zero-order valence-electron chi connectivity index (χ0n) is 15.8. The number of ether oxygens (including phenoxy) is 3. The van der Waals surface area contributed by atoms with Crippen molar-refractivity contribution < 1.29 is 23.5 Å². The Morgan fingerprint density at radius 3 is 2.64 bits per heavy atom. The van der Waals surface area contributed by atoms with Gasteiger partial charge in [0.1, 0.15) is 0 Å². The zero-order chi connectivity index (χ0) is 19.9. The van der Waals surface area contributed by atoms with E-state index < -0.39 is 5.97 Å². The van der Waals surface area contributed by atoms with Gasteiger partial charge in [0.15, 0.2) is 18.1 Å². The third-order valence-electron chi connectivity index (χ3n) is 4.01. The lowest BCUT2D eigenvalue weighted by atomic mass is 10.1. The predicted octanol–water partition coefficient (Wildman–Crippen LogP) is 3.82. The van der Waals surface area contributed by atoms with E-state index >= 15 is 0 Å². The summed E-state index contributed by atoms with van der Waals surface area (Å²) in [5.41, 5.74) is 2.68. The molecule has 0 amide bonds. The van der Waals surface area contributed by atoms with Crippen LogP contribution in [-0.4, -0.2) is 30.3 Å². The first-order valence-electron chi connectivity index (χ1n) is 8.56. The molecule has 0 aliphatic heterocycles. The lowest BCUT2D eigenvalue weighted by molar-refractivity contribution is -0.139. The van der Waals surface area contributed by atoms with Gasteiger partial charge < -0.3 is 18.7 Å². The normalized spacial score (nSPS) is 10.8. The number of esters is 1. The van der Waals surface area contributed by atoms with Gasteiger partial charge in [0, 0.05) is 11.6 Å². The monoisotopic (exact) mass is 380 g/mol. The maximum Gasteiger partial charge on any atom is 0.331 e. The number of methoxy groups -OCH3 is 2. The summed E-state index contributed by atoms with van der Waals surface area (Å²) in [7, 11) is 3.11. The summed E-state index contributed by atoms with van der Waals surface area (Å²) in [4.78, 5) is 16.2. The van der Waals surface area contributed by atoms with Gasteiger partial charge in [0.05, 0.1) is 14.2 Å². The quantitative estimate of drug-likeness (QED) is 0.455. The van der Waals surface area contributed by atoms with E-state index in [1.165, 1.54) is 6.08 Å². The number of nitrogens with zero attached hydrogens (tertiary/aromatic N) is 2. The van der Waals surface area contributed by atoms with Gasteiger partial charge in [-0.25, -0.2) is 4.79 Å². The highest BCUT2D eigenvalue weighted by atomic mass is 16.6. The summed E-state index contributed by atoms with van der Waals surface area (Å²) in [5, 5.41) is 3.93. The van der Waals surface area contributed by atoms with E-state index in [9.17, 15) is 4.79 Å². The minimum absolute atomic E-state index is 0.103. The molecule has 0 atom stereocenters.